The predicted molar refractivity (Wildman–Crippen MR) is 94.4 cm³/mol. The molecule has 1 atom stereocenters. The Hall–Kier alpha value is -1.03. The lowest BCUT2D eigenvalue weighted by Crippen LogP contribution is -2.41. The molecule has 0 bridgehead atoms. The summed E-state index contributed by atoms with van der Waals surface area (Å²) in [6, 6.07) is 0. The molecule has 0 aliphatic rings. The number of carbonyl (C=O) groups is 3. The average Bonchev–Trinajstić information content (AvgIpc) is 2.31. The second kappa shape index (κ2) is 7.69. The summed E-state index contributed by atoms with van der Waals surface area (Å²) in [4.78, 5) is 37.2. The Balaban J connectivity index is 5.04. The molecule has 1 N–H and O–H groups in total. The molecule has 134 valence electrons. The van der Waals surface area contributed by atoms with E-state index >= 15 is 0 Å². The van der Waals surface area contributed by atoms with Crippen molar-refractivity contribution in [2.45, 2.75) is 80.7 Å². The summed E-state index contributed by atoms with van der Waals surface area (Å²) in [7, 11) is 0. The van der Waals surface area contributed by atoms with Crippen molar-refractivity contribution in [2.75, 3.05) is 6.54 Å². The standard InChI is InChI=1S/C19H35NO3/c1-17(2,3)15(22)11-13(16(23)18(4,5)6)10-14(21)12-20-19(7,8)9/h13,20H,10-12H2,1-9H3. The fraction of sp³-hybridized carbons (Fsp3) is 0.842. The van der Waals surface area contributed by atoms with Crippen molar-refractivity contribution in [3.63, 3.8) is 0 Å². The van der Waals surface area contributed by atoms with Crippen LogP contribution < -0.4 is 5.32 Å². The Morgan fingerprint density at radius 1 is 0.783 bits per heavy atom. The van der Waals surface area contributed by atoms with E-state index in [2.05, 4.69) is 5.32 Å². The van der Waals surface area contributed by atoms with Gasteiger partial charge >= 0.3 is 0 Å². The van der Waals surface area contributed by atoms with Crippen LogP contribution in [-0.2, 0) is 14.4 Å². The van der Waals surface area contributed by atoms with Crippen LogP contribution in [0.15, 0.2) is 0 Å². The molecule has 0 spiro atoms. The first kappa shape index (κ1) is 22.0. The van der Waals surface area contributed by atoms with Crippen LogP contribution >= 0.6 is 0 Å². The quantitative estimate of drug-likeness (QED) is 0.777. The zero-order valence-electron chi connectivity index (χ0n) is 16.4. The molecule has 0 amide bonds. The summed E-state index contributed by atoms with van der Waals surface area (Å²) in [6.07, 6.45) is 0.266. The number of carbonyl (C=O) groups excluding carboxylic acids is 3. The maximum atomic E-state index is 12.6. The molecule has 4 nitrogen and oxygen atoms in total. The molecule has 0 aliphatic heterocycles. The summed E-state index contributed by atoms with van der Waals surface area (Å²) in [6.45, 7) is 17.2. The van der Waals surface area contributed by atoms with Gasteiger partial charge in [-0.15, -0.1) is 0 Å². The second-order valence-electron chi connectivity index (χ2n) is 9.53. The number of hydrogen-bond acceptors (Lipinski definition) is 4. The Labute approximate surface area is 141 Å². The van der Waals surface area contributed by atoms with Gasteiger partial charge in [0, 0.05) is 35.1 Å². The van der Waals surface area contributed by atoms with Gasteiger partial charge in [-0.25, -0.2) is 0 Å². The van der Waals surface area contributed by atoms with E-state index in [1.54, 1.807) is 0 Å². The van der Waals surface area contributed by atoms with Crippen LogP contribution in [-0.4, -0.2) is 29.4 Å². The third kappa shape index (κ3) is 8.99. The van der Waals surface area contributed by atoms with Crippen molar-refractivity contribution >= 4 is 17.3 Å². The smallest absolute Gasteiger partial charge is 0.147 e. The van der Waals surface area contributed by atoms with Gasteiger partial charge in [-0.2, -0.15) is 0 Å². The average molecular weight is 325 g/mol. The van der Waals surface area contributed by atoms with Gasteiger partial charge in [0.25, 0.3) is 0 Å². The molecule has 0 aliphatic carbocycles. The summed E-state index contributed by atoms with van der Waals surface area (Å²) < 4.78 is 0. The summed E-state index contributed by atoms with van der Waals surface area (Å²) in [5, 5.41) is 3.14. The second-order valence-corrected chi connectivity index (χ2v) is 9.53. The van der Waals surface area contributed by atoms with Crippen LogP contribution in [0.5, 0.6) is 0 Å². The Morgan fingerprint density at radius 3 is 1.61 bits per heavy atom. The first-order valence-electron chi connectivity index (χ1n) is 8.38. The molecule has 0 aromatic rings. The van der Waals surface area contributed by atoms with E-state index in [0.29, 0.717) is 0 Å². The highest BCUT2D eigenvalue weighted by Gasteiger charge is 2.35. The van der Waals surface area contributed by atoms with Crippen molar-refractivity contribution in [1.82, 2.24) is 5.32 Å². The molecule has 0 fully saturated rings. The first-order chi connectivity index (χ1) is 10.0. The normalized spacial score (nSPS) is 14.5. The van der Waals surface area contributed by atoms with E-state index in [1.807, 2.05) is 62.3 Å². The Kier molecular flexibility index (Phi) is 7.35. The zero-order valence-corrected chi connectivity index (χ0v) is 16.4. The first-order valence-corrected chi connectivity index (χ1v) is 8.38. The third-order valence-corrected chi connectivity index (χ3v) is 3.67. The Bertz CT molecular complexity index is 445. The monoisotopic (exact) mass is 325 g/mol. The topological polar surface area (TPSA) is 63.2 Å². The maximum Gasteiger partial charge on any atom is 0.147 e. The summed E-state index contributed by atoms with van der Waals surface area (Å²) in [5.41, 5.74) is -1.20. The minimum absolute atomic E-state index is 0.0146. The molecule has 0 aromatic heterocycles. The minimum Gasteiger partial charge on any atom is -0.305 e. The molecular weight excluding hydrogens is 290 g/mol. The van der Waals surface area contributed by atoms with Crippen LogP contribution in [0.4, 0.5) is 0 Å². The highest BCUT2D eigenvalue weighted by Crippen LogP contribution is 2.28. The SMILES string of the molecule is CC(C)(C)NCC(=O)CC(CC(=O)C(C)(C)C)C(=O)C(C)(C)C. The van der Waals surface area contributed by atoms with Crippen LogP contribution in [0.3, 0.4) is 0 Å². The van der Waals surface area contributed by atoms with E-state index in [1.165, 1.54) is 0 Å². The molecular formula is C19H35NO3. The highest BCUT2D eigenvalue weighted by atomic mass is 16.1. The number of ketones is 3. The number of hydrogen-bond donors (Lipinski definition) is 1. The molecule has 0 heterocycles. The van der Waals surface area contributed by atoms with Gasteiger partial charge in [0.15, 0.2) is 0 Å². The predicted octanol–water partition coefficient (Wildman–Crippen LogP) is 3.57. The molecule has 1 unspecified atom stereocenters. The van der Waals surface area contributed by atoms with Gasteiger partial charge in [-0.3, -0.25) is 14.4 Å². The van der Waals surface area contributed by atoms with E-state index in [4.69, 9.17) is 0 Å². The molecule has 0 radical (unpaired) electrons. The molecule has 0 rings (SSSR count). The van der Waals surface area contributed by atoms with Gasteiger partial charge in [0.1, 0.15) is 17.3 Å². The van der Waals surface area contributed by atoms with E-state index in [9.17, 15) is 14.4 Å². The van der Waals surface area contributed by atoms with Crippen LogP contribution in [0.2, 0.25) is 0 Å². The molecule has 0 aromatic carbocycles. The van der Waals surface area contributed by atoms with Gasteiger partial charge in [-0.05, 0) is 20.8 Å². The van der Waals surface area contributed by atoms with Crippen molar-refractivity contribution in [1.29, 1.82) is 0 Å². The molecule has 23 heavy (non-hydrogen) atoms. The molecule has 4 heteroatoms. The van der Waals surface area contributed by atoms with Gasteiger partial charge in [-0.1, -0.05) is 41.5 Å². The summed E-state index contributed by atoms with van der Waals surface area (Å²) in [5.74, 6) is -0.545. The largest absolute Gasteiger partial charge is 0.305 e. The maximum absolute atomic E-state index is 12.6. The van der Waals surface area contributed by atoms with Crippen molar-refractivity contribution in [3.05, 3.63) is 0 Å². The van der Waals surface area contributed by atoms with Gasteiger partial charge < -0.3 is 5.32 Å². The van der Waals surface area contributed by atoms with Crippen LogP contribution in [0.25, 0.3) is 0 Å². The fourth-order valence-electron chi connectivity index (χ4n) is 2.11. The van der Waals surface area contributed by atoms with Crippen molar-refractivity contribution < 1.29 is 14.4 Å². The number of Topliss-reactive ketones (excluding diaryl/α,β-unsaturated/α-hetero) is 3. The zero-order chi connectivity index (χ0) is 18.6. The minimum atomic E-state index is -0.555. The summed E-state index contributed by atoms with van der Waals surface area (Å²) >= 11 is 0. The third-order valence-electron chi connectivity index (χ3n) is 3.67. The fourth-order valence-corrected chi connectivity index (χ4v) is 2.11. The van der Waals surface area contributed by atoms with Crippen molar-refractivity contribution in [2.24, 2.45) is 16.7 Å². The lowest BCUT2D eigenvalue weighted by Gasteiger charge is -2.27. The lowest BCUT2D eigenvalue weighted by molar-refractivity contribution is -0.137. The van der Waals surface area contributed by atoms with Crippen LogP contribution in [0.1, 0.15) is 75.2 Å². The molecule has 0 saturated heterocycles. The van der Waals surface area contributed by atoms with E-state index in [0.717, 1.165) is 0 Å². The highest BCUT2D eigenvalue weighted by molar-refractivity contribution is 5.95. The lowest BCUT2D eigenvalue weighted by atomic mass is 9.76. The van der Waals surface area contributed by atoms with Gasteiger partial charge in [0.05, 0.1) is 6.54 Å². The van der Waals surface area contributed by atoms with E-state index < -0.39 is 16.7 Å². The number of nitrogens with one attached hydrogen (secondary N) is 1. The Morgan fingerprint density at radius 2 is 1.26 bits per heavy atom. The van der Waals surface area contributed by atoms with E-state index in [-0.39, 0.29) is 42.3 Å². The van der Waals surface area contributed by atoms with Gasteiger partial charge in [0.2, 0.25) is 0 Å². The number of rotatable bonds is 7. The van der Waals surface area contributed by atoms with Crippen molar-refractivity contribution in [3.8, 4) is 0 Å². The molecule has 0 saturated carbocycles. The van der Waals surface area contributed by atoms with Crippen LogP contribution in [0, 0.1) is 16.7 Å².